The van der Waals surface area contributed by atoms with E-state index in [1.54, 1.807) is 31.2 Å². The molecule has 0 radical (unpaired) electrons. The van der Waals surface area contributed by atoms with E-state index in [0.29, 0.717) is 23.8 Å². The molecule has 0 spiro atoms. The minimum Gasteiger partial charge on any atom is -0.482 e. The van der Waals surface area contributed by atoms with Gasteiger partial charge in [-0.2, -0.15) is 0 Å². The minimum absolute atomic E-state index is 0.0525. The average Bonchev–Trinajstić information content (AvgIpc) is 3.02. The first-order valence-corrected chi connectivity index (χ1v) is 8.13. The SMILES string of the molecule is COCc1ccsc1C(=O)N(C)Cc1ccc(OCC(=O)O)cc1. The number of carbonyl (C=O) groups is 2. The second-order valence-corrected chi connectivity index (χ2v) is 6.11. The molecule has 2 aromatic rings. The summed E-state index contributed by atoms with van der Waals surface area (Å²) >= 11 is 1.40. The van der Waals surface area contributed by atoms with E-state index in [9.17, 15) is 9.59 Å². The fraction of sp³-hybridized carbons (Fsp3) is 0.294. The molecule has 0 aliphatic rings. The molecule has 0 saturated carbocycles. The molecule has 1 heterocycles. The molecule has 0 aliphatic carbocycles. The molecule has 1 aromatic carbocycles. The van der Waals surface area contributed by atoms with Crippen LogP contribution in [0, 0.1) is 0 Å². The number of hydrogen-bond acceptors (Lipinski definition) is 5. The van der Waals surface area contributed by atoms with Gasteiger partial charge in [-0.1, -0.05) is 12.1 Å². The Morgan fingerprint density at radius 1 is 1.21 bits per heavy atom. The normalized spacial score (nSPS) is 10.4. The summed E-state index contributed by atoms with van der Waals surface area (Å²) in [5.41, 5.74) is 1.81. The third kappa shape index (κ3) is 4.81. The van der Waals surface area contributed by atoms with Gasteiger partial charge in [-0.05, 0) is 29.1 Å². The van der Waals surface area contributed by atoms with Gasteiger partial charge in [-0.3, -0.25) is 4.79 Å². The second kappa shape index (κ2) is 8.47. The van der Waals surface area contributed by atoms with Gasteiger partial charge in [-0.25, -0.2) is 4.79 Å². The van der Waals surface area contributed by atoms with Gasteiger partial charge in [0.1, 0.15) is 5.75 Å². The Kier molecular flexibility index (Phi) is 6.34. The molecule has 1 N–H and O–H groups in total. The first-order chi connectivity index (χ1) is 11.5. The first kappa shape index (κ1) is 18.0. The molecule has 0 fully saturated rings. The predicted molar refractivity (Wildman–Crippen MR) is 90.4 cm³/mol. The highest BCUT2D eigenvalue weighted by Gasteiger charge is 2.17. The van der Waals surface area contributed by atoms with Gasteiger partial charge in [0.25, 0.3) is 5.91 Å². The number of nitrogens with zero attached hydrogens (tertiary/aromatic N) is 1. The summed E-state index contributed by atoms with van der Waals surface area (Å²) in [5.74, 6) is -0.591. The molecule has 7 heteroatoms. The van der Waals surface area contributed by atoms with Crippen LogP contribution >= 0.6 is 11.3 Å². The van der Waals surface area contributed by atoms with E-state index in [4.69, 9.17) is 14.6 Å². The number of amides is 1. The molecular weight excluding hydrogens is 330 g/mol. The largest absolute Gasteiger partial charge is 0.482 e. The summed E-state index contributed by atoms with van der Waals surface area (Å²) < 4.78 is 10.2. The molecule has 0 bridgehead atoms. The fourth-order valence-corrected chi connectivity index (χ4v) is 3.05. The molecule has 24 heavy (non-hydrogen) atoms. The number of carboxylic acid groups (broad SMARTS) is 1. The highest BCUT2D eigenvalue weighted by atomic mass is 32.1. The van der Waals surface area contributed by atoms with Gasteiger partial charge in [-0.15, -0.1) is 11.3 Å². The van der Waals surface area contributed by atoms with Crippen LogP contribution in [0.25, 0.3) is 0 Å². The number of methoxy groups -OCH3 is 1. The lowest BCUT2D eigenvalue weighted by atomic mass is 10.2. The zero-order valence-electron chi connectivity index (χ0n) is 13.5. The molecule has 128 valence electrons. The summed E-state index contributed by atoms with van der Waals surface area (Å²) in [6.07, 6.45) is 0. The van der Waals surface area contributed by atoms with Crippen LogP contribution in [0.15, 0.2) is 35.7 Å². The third-order valence-electron chi connectivity index (χ3n) is 3.29. The number of ether oxygens (including phenoxy) is 2. The van der Waals surface area contributed by atoms with Crippen LogP contribution in [0.1, 0.15) is 20.8 Å². The Morgan fingerprint density at radius 2 is 1.92 bits per heavy atom. The maximum absolute atomic E-state index is 12.5. The summed E-state index contributed by atoms with van der Waals surface area (Å²) in [7, 11) is 3.34. The van der Waals surface area contributed by atoms with Crippen molar-refractivity contribution in [1.29, 1.82) is 0 Å². The molecule has 0 saturated heterocycles. The van der Waals surface area contributed by atoms with Gasteiger partial charge < -0.3 is 19.5 Å². The minimum atomic E-state index is -1.02. The quantitative estimate of drug-likeness (QED) is 0.793. The molecule has 0 unspecified atom stereocenters. The van der Waals surface area contributed by atoms with Crippen LogP contribution in [0.3, 0.4) is 0 Å². The van der Waals surface area contributed by atoms with Crippen LogP contribution in [0.2, 0.25) is 0 Å². The highest BCUT2D eigenvalue weighted by Crippen LogP contribution is 2.21. The molecule has 2 rings (SSSR count). The number of aliphatic carboxylic acids is 1. The van der Waals surface area contributed by atoms with Crippen LogP contribution in [0.5, 0.6) is 5.75 Å². The Morgan fingerprint density at radius 3 is 2.54 bits per heavy atom. The van der Waals surface area contributed by atoms with Gasteiger partial charge in [0.05, 0.1) is 11.5 Å². The molecule has 0 aliphatic heterocycles. The molecule has 1 aromatic heterocycles. The van der Waals surface area contributed by atoms with Crippen molar-refractivity contribution in [2.45, 2.75) is 13.2 Å². The number of benzene rings is 1. The Hall–Kier alpha value is -2.38. The average molecular weight is 349 g/mol. The molecule has 0 atom stereocenters. The van der Waals surface area contributed by atoms with Crippen LogP contribution in [0.4, 0.5) is 0 Å². The number of thiophene rings is 1. The topological polar surface area (TPSA) is 76.1 Å². The van der Waals surface area contributed by atoms with E-state index < -0.39 is 5.97 Å². The van der Waals surface area contributed by atoms with E-state index in [1.807, 2.05) is 23.6 Å². The molecule has 6 nitrogen and oxygen atoms in total. The second-order valence-electron chi connectivity index (χ2n) is 5.20. The Bertz CT molecular complexity index is 695. The van der Waals surface area contributed by atoms with Crippen LogP contribution in [-0.4, -0.2) is 42.6 Å². The number of hydrogen-bond donors (Lipinski definition) is 1. The third-order valence-corrected chi connectivity index (χ3v) is 4.24. The summed E-state index contributed by atoms with van der Waals surface area (Å²) in [6.45, 7) is 0.481. The lowest BCUT2D eigenvalue weighted by Crippen LogP contribution is -2.26. The lowest BCUT2D eigenvalue weighted by Gasteiger charge is -2.17. The summed E-state index contributed by atoms with van der Waals surface area (Å²) in [5, 5.41) is 10.5. The smallest absolute Gasteiger partial charge is 0.341 e. The van der Waals surface area contributed by atoms with Crippen molar-refractivity contribution in [3.63, 3.8) is 0 Å². The predicted octanol–water partition coefficient (Wildman–Crippen LogP) is 2.63. The van der Waals surface area contributed by atoms with E-state index >= 15 is 0 Å². The zero-order valence-corrected chi connectivity index (χ0v) is 14.3. The van der Waals surface area contributed by atoms with Crippen molar-refractivity contribution in [2.75, 3.05) is 20.8 Å². The fourth-order valence-electron chi connectivity index (χ4n) is 2.15. The first-order valence-electron chi connectivity index (χ1n) is 7.25. The van der Waals surface area contributed by atoms with Gasteiger partial charge in [0.15, 0.2) is 6.61 Å². The maximum Gasteiger partial charge on any atom is 0.341 e. The Balaban J connectivity index is 1.98. The van der Waals surface area contributed by atoms with Crippen molar-refractivity contribution in [3.8, 4) is 5.75 Å². The van der Waals surface area contributed by atoms with Gasteiger partial charge >= 0.3 is 5.97 Å². The van der Waals surface area contributed by atoms with Crippen LogP contribution < -0.4 is 4.74 Å². The zero-order chi connectivity index (χ0) is 17.5. The van der Waals surface area contributed by atoms with E-state index in [2.05, 4.69) is 0 Å². The van der Waals surface area contributed by atoms with Crippen molar-refractivity contribution in [1.82, 2.24) is 4.90 Å². The number of rotatable bonds is 8. The van der Waals surface area contributed by atoms with Gasteiger partial charge in [0.2, 0.25) is 0 Å². The monoisotopic (exact) mass is 349 g/mol. The number of carboxylic acids is 1. The summed E-state index contributed by atoms with van der Waals surface area (Å²) in [6, 6.07) is 8.90. The van der Waals surface area contributed by atoms with Crippen molar-refractivity contribution >= 4 is 23.2 Å². The van der Waals surface area contributed by atoms with Crippen molar-refractivity contribution < 1.29 is 24.2 Å². The Labute approximate surface area is 144 Å². The van der Waals surface area contributed by atoms with E-state index in [0.717, 1.165) is 11.1 Å². The van der Waals surface area contributed by atoms with Crippen molar-refractivity contribution in [3.05, 3.63) is 51.7 Å². The maximum atomic E-state index is 12.5. The lowest BCUT2D eigenvalue weighted by molar-refractivity contribution is -0.139. The van der Waals surface area contributed by atoms with Gasteiger partial charge in [0, 0.05) is 26.3 Å². The molecule has 1 amide bonds. The standard InChI is InChI=1S/C17H19NO5S/c1-18(17(21)16-13(10-22-2)7-8-24-16)9-12-3-5-14(6-4-12)23-11-15(19)20/h3-8H,9-11H2,1-2H3,(H,19,20). The van der Waals surface area contributed by atoms with Crippen LogP contribution in [-0.2, 0) is 22.7 Å². The van der Waals surface area contributed by atoms with E-state index in [1.165, 1.54) is 11.3 Å². The number of carbonyl (C=O) groups excluding carboxylic acids is 1. The van der Waals surface area contributed by atoms with Crippen molar-refractivity contribution in [2.24, 2.45) is 0 Å². The highest BCUT2D eigenvalue weighted by molar-refractivity contribution is 7.12. The molecular formula is C17H19NO5S. The van der Waals surface area contributed by atoms with E-state index in [-0.39, 0.29) is 12.5 Å². The summed E-state index contributed by atoms with van der Waals surface area (Å²) in [4.78, 5) is 25.3.